The molecular weight excluding hydrogens is 817 g/mol. The van der Waals surface area contributed by atoms with Crippen LogP contribution in [0, 0.1) is 0 Å². The van der Waals surface area contributed by atoms with Gasteiger partial charge in [-0.25, -0.2) is 0 Å². The number of carbonyl (C=O) groups excluding carboxylic acids is 3. The highest BCUT2D eigenvalue weighted by Gasteiger charge is 2.19. The van der Waals surface area contributed by atoms with Crippen molar-refractivity contribution < 1.29 is 28.6 Å². The maximum Gasteiger partial charge on any atom is 0.306 e. The normalized spacial score (nSPS) is 12.7. The lowest BCUT2D eigenvalue weighted by atomic mass is 10.1. The van der Waals surface area contributed by atoms with Gasteiger partial charge in [0, 0.05) is 19.3 Å². The van der Waals surface area contributed by atoms with Crippen molar-refractivity contribution in [3.8, 4) is 0 Å². The zero-order valence-corrected chi connectivity index (χ0v) is 43.2. The van der Waals surface area contributed by atoms with Crippen LogP contribution in [-0.2, 0) is 28.6 Å². The number of unbranched alkanes of at least 4 members (excludes halogenated alkanes) is 24. The van der Waals surface area contributed by atoms with Crippen molar-refractivity contribution >= 4 is 17.9 Å². The first-order valence-electron chi connectivity index (χ1n) is 27.6. The van der Waals surface area contributed by atoms with Crippen molar-refractivity contribution in [1.82, 2.24) is 0 Å². The Kier molecular flexibility index (Phi) is 51.4. The Bertz CT molecular complexity index is 1290. The highest BCUT2D eigenvalue weighted by atomic mass is 16.6. The molecule has 0 heterocycles. The lowest BCUT2D eigenvalue weighted by Crippen LogP contribution is -2.30. The van der Waals surface area contributed by atoms with Crippen molar-refractivity contribution in [3.05, 3.63) is 85.1 Å². The van der Waals surface area contributed by atoms with Gasteiger partial charge in [0.25, 0.3) is 0 Å². The van der Waals surface area contributed by atoms with E-state index < -0.39 is 6.10 Å². The molecule has 378 valence electrons. The number of hydrogen-bond acceptors (Lipinski definition) is 6. The maximum absolute atomic E-state index is 12.8. The van der Waals surface area contributed by atoms with E-state index in [1.54, 1.807) is 0 Å². The van der Waals surface area contributed by atoms with Crippen molar-refractivity contribution in [2.45, 2.75) is 264 Å². The van der Waals surface area contributed by atoms with Gasteiger partial charge in [0.2, 0.25) is 0 Å². The minimum absolute atomic E-state index is 0.0888. The largest absolute Gasteiger partial charge is 0.462 e. The van der Waals surface area contributed by atoms with Gasteiger partial charge in [-0.05, 0) is 109 Å². The first-order valence-corrected chi connectivity index (χ1v) is 27.6. The topological polar surface area (TPSA) is 78.9 Å². The fourth-order valence-corrected chi connectivity index (χ4v) is 7.47. The van der Waals surface area contributed by atoms with Gasteiger partial charge in [-0.1, -0.05) is 215 Å². The molecule has 0 bridgehead atoms. The van der Waals surface area contributed by atoms with Crippen LogP contribution in [0.2, 0.25) is 0 Å². The summed E-state index contributed by atoms with van der Waals surface area (Å²) in [5.41, 5.74) is 0. The molecule has 0 aromatic heterocycles. The van der Waals surface area contributed by atoms with Crippen LogP contribution in [-0.4, -0.2) is 37.2 Å². The number of ether oxygens (including phenoxy) is 3. The van der Waals surface area contributed by atoms with Crippen molar-refractivity contribution in [1.29, 1.82) is 0 Å². The molecule has 6 nitrogen and oxygen atoms in total. The molecule has 1 atom stereocenters. The minimum Gasteiger partial charge on any atom is -0.462 e. The summed E-state index contributed by atoms with van der Waals surface area (Å²) in [5.74, 6) is -0.917. The van der Waals surface area contributed by atoms with E-state index in [1.807, 2.05) is 0 Å². The van der Waals surface area contributed by atoms with Crippen molar-refractivity contribution in [3.63, 3.8) is 0 Å². The van der Waals surface area contributed by atoms with E-state index in [9.17, 15) is 14.4 Å². The summed E-state index contributed by atoms with van der Waals surface area (Å²) in [4.78, 5) is 38.1. The van der Waals surface area contributed by atoms with Crippen LogP contribution >= 0.6 is 0 Å². The molecule has 0 spiro atoms. The molecule has 0 amide bonds. The lowest BCUT2D eigenvalue weighted by molar-refractivity contribution is -0.167. The monoisotopic (exact) mass is 919 g/mol. The fourth-order valence-electron chi connectivity index (χ4n) is 7.47. The van der Waals surface area contributed by atoms with Gasteiger partial charge in [0.05, 0.1) is 0 Å². The Morgan fingerprint density at radius 2 is 0.621 bits per heavy atom. The molecule has 0 N–H and O–H groups in total. The molecular formula is C60H102O6. The van der Waals surface area contributed by atoms with Crippen LogP contribution in [0.4, 0.5) is 0 Å². The fraction of sp³-hybridized carbons (Fsp3) is 0.717. The first kappa shape index (κ1) is 62.6. The van der Waals surface area contributed by atoms with Gasteiger partial charge in [-0.2, -0.15) is 0 Å². The summed E-state index contributed by atoms with van der Waals surface area (Å²) >= 11 is 0. The summed E-state index contributed by atoms with van der Waals surface area (Å²) in [6.45, 7) is 6.43. The number of rotatable bonds is 49. The van der Waals surface area contributed by atoms with E-state index in [1.165, 1.54) is 83.5 Å². The molecule has 0 aliphatic heterocycles. The van der Waals surface area contributed by atoms with Crippen LogP contribution in [0.3, 0.4) is 0 Å². The molecule has 0 fully saturated rings. The highest BCUT2D eigenvalue weighted by molar-refractivity contribution is 5.71. The Hall–Kier alpha value is -3.41. The van der Waals surface area contributed by atoms with Gasteiger partial charge in [0.15, 0.2) is 6.10 Å². The second kappa shape index (κ2) is 54.2. The zero-order valence-electron chi connectivity index (χ0n) is 43.2. The van der Waals surface area contributed by atoms with E-state index >= 15 is 0 Å². The zero-order chi connectivity index (χ0) is 47.9. The van der Waals surface area contributed by atoms with Gasteiger partial charge < -0.3 is 14.2 Å². The van der Waals surface area contributed by atoms with E-state index in [4.69, 9.17) is 14.2 Å². The van der Waals surface area contributed by atoms with Crippen LogP contribution in [0.25, 0.3) is 0 Å². The molecule has 0 saturated heterocycles. The second-order valence-electron chi connectivity index (χ2n) is 18.1. The van der Waals surface area contributed by atoms with Gasteiger partial charge in [-0.15, -0.1) is 0 Å². The SMILES string of the molecule is CC/C=C\C/C=C\C/C=C\C/C=C\CCCCCCCCCCC(=O)OCC(COC(=O)CCCCCCC/C=C\C/C=C\CCC)OC(=O)CCCCCCC/C=C\CCCCCCC. The summed E-state index contributed by atoms with van der Waals surface area (Å²) < 4.78 is 16.8. The quantitative estimate of drug-likeness (QED) is 0.0262. The molecule has 0 aromatic rings. The van der Waals surface area contributed by atoms with Crippen molar-refractivity contribution in [2.24, 2.45) is 0 Å². The summed E-state index contributed by atoms with van der Waals surface area (Å²) in [7, 11) is 0. The number of esters is 3. The Balaban J connectivity index is 4.38. The van der Waals surface area contributed by atoms with E-state index in [-0.39, 0.29) is 31.1 Å². The molecule has 0 aliphatic carbocycles. The van der Waals surface area contributed by atoms with E-state index in [0.717, 1.165) is 135 Å². The third-order valence-electron chi connectivity index (χ3n) is 11.6. The third kappa shape index (κ3) is 51.6. The van der Waals surface area contributed by atoms with Crippen LogP contribution < -0.4 is 0 Å². The molecule has 0 aliphatic rings. The standard InChI is InChI=1S/C60H102O6/c1-4-7-10-13-16-19-22-25-27-28-29-30-31-32-33-36-38-41-44-47-50-53-59(62)65-56-57(55-64-58(61)52-49-46-43-40-37-34-24-21-18-15-12-9-6-3)66-60(63)54-51-48-45-42-39-35-26-23-20-17-14-11-8-5-2/h7,10,12,15-16,19,21,23-27,29-30,57H,4-6,8-9,11,13-14,17-18,20,22,28,31-56H2,1-3H3/b10-7-,15-12-,19-16-,24-21-,26-23-,27-25-,30-29-. The smallest absolute Gasteiger partial charge is 0.306 e. The molecule has 6 heteroatoms. The average Bonchev–Trinajstić information content (AvgIpc) is 3.31. The molecule has 0 rings (SSSR count). The van der Waals surface area contributed by atoms with Gasteiger partial charge in [0.1, 0.15) is 13.2 Å². The highest BCUT2D eigenvalue weighted by Crippen LogP contribution is 2.14. The minimum atomic E-state index is -0.790. The first-order chi connectivity index (χ1) is 32.5. The predicted octanol–water partition coefficient (Wildman–Crippen LogP) is 18.4. The second-order valence-corrected chi connectivity index (χ2v) is 18.1. The lowest BCUT2D eigenvalue weighted by Gasteiger charge is -2.18. The molecule has 1 unspecified atom stereocenters. The van der Waals surface area contributed by atoms with Crippen molar-refractivity contribution in [2.75, 3.05) is 13.2 Å². The summed E-state index contributed by atoms with van der Waals surface area (Å²) in [6.07, 6.45) is 69.9. The summed E-state index contributed by atoms with van der Waals surface area (Å²) in [6, 6.07) is 0. The average molecular weight is 919 g/mol. The molecule has 66 heavy (non-hydrogen) atoms. The van der Waals surface area contributed by atoms with E-state index in [0.29, 0.717) is 19.3 Å². The van der Waals surface area contributed by atoms with E-state index in [2.05, 4.69) is 106 Å². The van der Waals surface area contributed by atoms with Crippen LogP contribution in [0.15, 0.2) is 85.1 Å². The van der Waals surface area contributed by atoms with Gasteiger partial charge in [-0.3, -0.25) is 14.4 Å². The summed E-state index contributed by atoms with van der Waals surface area (Å²) in [5, 5.41) is 0. The number of carbonyl (C=O) groups is 3. The predicted molar refractivity (Wildman–Crippen MR) is 284 cm³/mol. The Morgan fingerprint density at radius 3 is 1.00 bits per heavy atom. The van der Waals surface area contributed by atoms with Gasteiger partial charge >= 0.3 is 17.9 Å². The Labute approximate surface area is 407 Å². The Morgan fingerprint density at radius 1 is 0.318 bits per heavy atom. The van der Waals surface area contributed by atoms with Crippen LogP contribution in [0.5, 0.6) is 0 Å². The number of allylic oxidation sites excluding steroid dienone is 14. The molecule has 0 saturated carbocycles. The molecule has 0 radical (unpaired) electrons. The molecule has 0 aromatic carbocycles. The maximum atomic E-state index is 12.8. The third-order valence-corrected chi connectivity index (χ3v) is 11.6. The number of hydrogen-bond donors (Lipinski definition) is 0. The van der Waals surface area contributed by atoms with Crippen LogP contribution in [0.1, 0.15) is 258 Å².